The van der Waals surface area contributed by atoms with Crippen molar-refractivity contribution in [2.24, 2.45) is 0 Å². The van der Waals surface area contributed by atoms with Crippen LogP contribution in [0, 0.1) is 6.92 Å². The third kappa shape index (κ3) is 5.39. The SMILES string of the molecule is Cc1ncc(C(=O)NCc2cc(C(F)(F)F)cc(C(F)(F)F)c2)c(-c2ccccc2)n1. The Hall–Kier alpha value is -3.43. The van der Waals surface area contributed by atoms with Crippen molar-refractivity contribution in [2.75, 3.05) is 0 Å². The van der Waals surface area contributed by atoms with Crippen molar-refractivity contribution in [3.05, 3.63) is 82.8 Å². The molecule has 0 saturated carbocycles. The van der Waals surface area contributed by atoms with Crippen molar-refractivity contribution in [1.29, 1.82) is 0 Å². The van der Waals surface area contributed by atoms with Crippen molar-refractivity contribution >= 4 is 5.91 Å². The van der Waals surface area contributed by atoms with E-state index < -0.39 is 35.9 Å². The first-order valence-electron chi connectivity index (χ1n) is 8.91. The minimum atomic E-state index is -4.97. The van der Waals surface area contributed by atoms with Crippen molar-refractivity contribution in [1.82, 2.24) is 15.3 Å². The fourth-order valence-electron chi connectivity index (χ4n) is 2.85. The van der Waals surface area contributed by atoms with E-state index >= 15 is 0 Å². The number of benzene rings is 2. The highest BCUT2D eigenvalue weighted by Crippen LogP contribution is 2.36. The zero-order chi connectivity index (χ0) is 22.8. The molecule has 0 bridgehead atoms. The Morgan fingerprint density at radius 2 is 1.52 bits per heavy atom. The number of halogens is 6. The van der Waals surface area contributed by atoms with Gasteiger partial charge >= 0.3 is 12.4 Å². The zero-order valence-corrected chi connectivity index (χ0v) is 16.0. The first-order valence-corrected chi connectivity index (χ1v) is 8.91. The molecule has 1 amide bonds. The summed E-state index contributed by atoms with van der Waals surface area (Å²) < 4.78 is 78.0. The van der Waals surface area contributed by atoms with Gasteiger partial charge in [0, 0.05) is 18.3 Å². The van der Waals surface area contributed by atoms with Gasteiger partial charge in [-0.1, -0.05) is 30.3 Å². The van der Waals surface area contributed by atoms with E-state index in [1.807, 2.05) is 0 Å². The summed E-state index contributed by atoms with van der Waals surface area (Å²) in [6.07, 6.45) is -8.68. The molecule has 162 valence electrons. The molecule has 0 radical (unpaired) electrons. The fourth-order valence-corrected chi connectivity index (χ4v) is 2.85. The van der Waals surface area contributed by atoms with Gasteiger partial charge in [0.1, 0.15) is 5.82 Å². The van der Waals surface area contributed by atoms with E-state index in [4.69, 9.17) is 0 Å². The maximum atomic E-state index is 13.0. The van der Waals surface area contributed by atoms with Gasteiger partial charge in [-0.25, -0.2) is 9.97 Å². The molecule has 0 saturated heterocycles. The van der Waals surface area contributed by atoms with Gasteiger partial charge in [0.05, 0.1) is 22.4 Å². The molecule has 2 aromatic carbocycles. The Morgan fingerprint density at radius 3 is 2.06 bits per heavy atom. The van der Waals surface area contributed by atoms with Crippen molar-refractivity contribution < 1.29 is 31.1 Å². The second-order valence-corrected chi connectivity index (χ2v) is 6.64. The lowest BCUT2D eigenvalue weighted by atomic mass is 10.0. The van der Waals surface area contributed by atoms with Gasteiger partial charge in [0.25, 0.3) is 5.91 Å². The molecule has 0 aliphatic carbocycles. The molecule has 4 nitrogen and oxygen atoms in total. The minimum absolute atomic E-state index is 0.0344. The number of aromatic nitrogens is 2. The molecule has 0 fully saturated rings. The molecule has 0 spiro atoms. The summed E-state index contributed by atoms with van der Waals surface area (Å²) in [4.78, 5) is 20.9. The van der Waals surface area contributed by atoms with Gasteiger partial charge in [0.2, 0.25) is 0 Å². The topological polar surface area (TPSA) is 54.9 Å². The lowest BCUT2D eigenvalue weighted by molar-refractivity contribution is -0.143. The van der Waals surface area contributed by atoms with Crippen LogP contribution in [0.5, 0.6) is 0 Å². The van der Waals surface area contributed by atoms with Gasteiger partial charge in [-0.2, -0.15) is 26.3 Å². The summed E-state index contributed by atoms with van der Waals surface area (Å²) in [6, 6.07) is 9.82. The van der Waals surface area contributed by atoms with Crippen LogP contribution < -0.4 is 5.32 Å². The van der Waals surface area contributed by atoms with E-state index in [1.54, 1.807) is 37.3 Å². The van der Waals surface area contributed by atoms with E-state index in [9.17, 15) is 31.1 Å². The number of nitrogens with one attached hydrogen (secondary N) is 1. The third-order valence-electron chi connectivity index (χ3n) is 4.30. The summed E-state index contributed by atoms with van der Waals surface area (Å²) in [5.41, 5.74) is -2.29. The number of rotatable bonds is 4. The van der Waals surface area contributed by atoms with Gasteiger partial charge in [0.15, 0.2) is 0 Å². The standard InChI is InChI=1S/C21H15F6N3O/c1-12-28-11-17(18(30-12)14-5-3-2-4-6-14)19(31)29-10-13-7-15(20(22,23)24)9-16(8-13)21(25,26)27/h2-9,11H,10H2,1H3,(H,29,31). The maximum Gasteiger partial charge on any atom is 0.416 e. The van der Waals surface area contributed by atoms with Crippen LogP contribution in [0.3, 0.4) is 0 Å². The molecule has 1 N–H and O–H groups in total. The lowest BCUT2D eigenvalue weighted by Crippen LogP contribution is -2.25. The number of carbonyl (C=O) groups excluding carboxylic acids is 1. The number of amides is 1. The van der Waals surface area contributed by atoms with Crippen LogP contribution in [0.1, 0.15) is 32.9 Å². The average Bonchev–Trinajstić information content (AvgIpc) is 2.71. The first kappa shape index (κ1) is 22.3. The summed E-state index contributed by atoms with van der Waals surface area (Å²) in [5.74, 6) is -0.340. The second kappa shape index (κ2) is 8.37. The average molecular weight is 439 g/mol. The zero-order valence-electron chi connectivity index (χ0n) is 16.0. The molecule has 3 aromatic rings. The second-order valence-electron chi connectivity index (χ2n) is 6.64. The molecule has 0 atom stereocenters. The molecule has 10 heteroatoms. The van der Waals surface area contributed by atoms with E-state index in [0.717, 1.165) is 0 Å². The summed E-state index contributed by atoms with van der Waals surface area (Å²) >= 11 is 0. The molecule has 0 aliphatic heterocycles. The van der Waals surface area contributed by atoms with Crippen LogP contribution in [0.2, 0.25) is 0 Å². The Balaban J connectivity index is 1.90. The highest BCUT2D eigenvalue weighted by molar-refractivity contribution is 5.99. The van der Waals surface area contributed by atoms with Crippen molar-refractivity contribution in [3.8, 4) is 11.3 Å². The van der Waals surface area contributed by atoms with Gasteiger partial charge in [-0.15, -0.1) is 0 Å². The summed E-state index contributed by atoms with van der Waals surface area (Å²) in [5, 5.41) is 2.35. The number of nitrogens with zero attached hydrogens (tertiary/aromatic N) is 2. The predicted molar refractivity (Wildman–Crippen MR) is 99.8 cm³/mol. The fraction of sp³-hybridized carbons (Fsp3) is 0.190. The molecular formula is C21H15F6N3O. The largest absolute Gasteiger partial charge is 0.416 e. The quantitative estimate of drug-likeness (QED) is 0.553. The molecule has 0 unspecified atom stereocenters. The normalized spacial score (nSPS) is 12.0. The van der Waals surface area contributed by atoms with E-state index in [2.05, 4.69) is 15.3 Å². The van der Waals surface area contributed by atoms with E-state index in [1.165, 1.54) is 6.20 Å². The van der Waals surface area contributed by atoms with E-state index in [-0.39, 0.29) is 17.2 Å². The molecule has 31 heavy (non-hydrogen) atoms. The van der Waals surface area contributed by atoms with Gasteiger partial charge < -0.3 is 5.32 Å². The maximum absolute atomic E-state index is 13.0. The highest BCUT2D eigenvalue weighted by Gasteiger charge is 2.36. The Morgan fingerprint density at radius 1 is 0.935 bits per heavy atom. The number of alkyl halides is 6. The van der Waals surface area contributed by atoms with Gasteiger partial charge in [-0.3, -0.25) is 4.79 Å². The van der Waals surface area contributed by atoms with Gasteiger partial charge in [-0.05, 0) is 30.7 Å². The van der Waals surface area contributed by atoms with Crippen LogP contribution in [-0.2, 0) is 18.9 Å². The summed E-state index contributed by atoms with van der Waals surface area (Å²) in [6.45, 7) is 1.07. The first-order chi connectivity index (χ1) is 14.4. The van der Waals surface area contributed by atoms with Crippen LogP contribution in [0.4, 0.5) is 26.3 Å². The summed E-state index contributed by atoms with van der Waals surface area (Å²) in [7, 11) is 0. The number of aryl methyl sites for hydroxylation is 1. The Kier molecular flexibility index (Phi) is 6.01. The molecule has 3 rings (SSSR count). The number of hydrogen-bond donors (Lipinski definition) is 1. The smallest absolute Gasteiger partial charge is 0.348 e. The molecule has 1 heterocycles. The van der Waals surface area contributed by atoms with E-state index in [0.29, 0.717) is 29.2 Å². The molecule has 1 aromatic heterocycles. The number of hydrogen-bond acceptors (Lipinski definition) is 3. The monoisotopic (exact) mass is 439 g/mol. The number of carbonyl (C=O) groups is 1. The predicted octanol–water partition coefficient (Wildman–Crippen LogP) is 5.42. The van der Waals surface area contributed by atoms with Crippen LogP contribution in [0.15, 0.2) is 54.7 Å². The van der Waals surface area contributed by atoms with Crippen LogP contribution in [-0.4, -0.2) is 15.9 Å². The van der Waals surface area contributed by atoms with Crippen LogP contribution >= 0.6 is 0 Å². The van der Waals surface area contributed by atoms with Crippen molar-refractivity contribution in [2.45, 2.75) is 25.8 Å². The molecule has 0 aliphatic rings. The lowest BCUT2D eigenvalue weighted by Gasteiger charge is -2.15. The third-order valence-corrected chi connectivity index (χ3v) is 4.30. The Bertz CT molecular complexity index is 1060. The van der Waals surface area contributed by atoms with Crippen LogP contribution in [0.25, 0.3) is 11.3 Å². The Labute approximate surface area is 173 Å². The minimum Gasteiger partial charge on any atom is -0.348 e. The highest BCUT2D eigenvalue weighted by atomic mass is 19.4. The molecular weight excluding hydrogens is 424 g/mol. The van der Waals surface area contributed by atoms with Crippen molar-refractivity contribution in [3.63, 3.8) is 0 Å².